The second-order valence-corrected chi connectivity index (χ2v) is 7.10. The summed E-state index contributed by atoms with van der Waals surface area (Å²) in [6, 6.07) is 31.8. The molecule has 0 bridgehead atoms. The molecular weight excluding hydrogens is 318 g/mol. The lowest BCUT2D eigenvalue weighted by atomic mass is 9.76. The molecule has 0 spiro atoms. The summed E-state index contributed by atoms with van der Waals surface area (Å²) in [7, 11) is 0. The van der Waals surface area contributed by atoms with Gasteiger partial charge < -0.3 is 5.11 Å². The minimum Gasteiger partial charge on any atom is -0.392 e. The fourth-order valence-electron chi connectivity index (χ4n) is 4.20. The van der Waals surface area contributed by atoms with Crippen molar-refractivity contribution >= 4 is 0 Å². The maximum absolute atomic E-state index is 10.5. The minimum atomic E-state index is -0.486. The molecule has 132 valence electrons. The van der Waals surface area contributed by atoms with Crippen molar-refractivity contribution in [3.05, 3.63) is 108 Å². The van der Waals surface area contributed by atoms with Gasteiger partial charge in [-0.2, -0.15) is 0 Å². The molecule has 0 saturated heterocycles. The van der Waals surface area contributed by atoms with Crippen molar-refractivity contribution in [2.24, 2.45) is 0 Å². The Morgan fingerprint density at radius 2 is 1.08 bits per heavy atom. The molecule has 0 radical (unpaired) electrons. The minimum absolute atomic E-state index is 0.0793. The second-order valence-electron chi connectivity index (χ2n) is 7.10. The molecule has 4 rings (SSSR count). The predicted molar refractivity (Wildman–Crippen MR) is 106 cm³/mol. The molecule has 0 heterocycles. The van der Waals surface area contributed by atoms with E-state index in [9.17, 15) is 5.11 Å². The highest BCUT2D eigenvalue weighted by Crippen LogP contribution is 2.38. The van der Waals surface area contributed by atoms with Gasteiger partial charge in [0.05, 0.1) is 11.6 Å². The molecule has 0 amide bonds. The summed E-state index contributed by atoms with van der Waals surface area (Å²) in [5.74, 6) is 0. The van der Waals surface area contributed by atoms with Crippen molar-refractivity contribution in [1.29, 1.82) is 0 Å². The van der Waals surface area contributed by atoms with Crippen LogP contribution in [0.5, 0.6) is 0 Å². The van der Waals surface area contributed by atoms with Gasteiger partial charge in [-0.3, -0.25) is 5.32 Å². The Labute approximate surface area is 155 Å². The van der Waals surface area contributed by atoms with Gasteiger partial charge in [0.1, 0.15) is 0 Å². The van der Waals surface area contributed by atoms with Gasteiger partial charge in [-0.1, -0.05) is 91.0 Å². The van der Waals surface area contributed by atoms with Crippen LogP contribution < -0.4 is 5.32 Å². The third kappa shape index (κ3) is 3.07. The Bertz CT molecular complexity index is 720. The van der Waals surface area contributed by atoms with Crippen molar-refractivity contribution < 1.29 is 5.11 Å². The normalized spacial score (nSPS) is 20.2. The third-order valence-electron chi connectivity index (χ3n) is 5.50. The van der Waals surface area contributed by atoms with E-state index >= 15 is 0 Å². The van der Waals surface area contributed by atoms with Crippen molar-refractivity contribution in [3.8, 4) is 0 Å². The molecule has 2 nitrogen and oxygen atoms in total. The average molecular weight is 343 g/mol. The lowest BCUT2D eigenvalue weighted by Crippen LogP contribution is -2.52. The Morgan fingerprint density at radius 1 is 0.654 bits per heavy atom. The number of hydrogen-bond acceptors (Lipinski definition) is 2. The summed E-state index contributed by atoms with van der Waals surface area (Å²) < 4.78 is 0. The van der Waals surface area contributed by atoms with Crippen LogP contribution in [0.1, 0.15) is 36.0 Å². The molecule has 2 atom stereocenters. The largest absolute Gasteiger partial charge is 0.392 e. The van der Waals surface area contributed by atoms with Crippen LogP contribution in [0.15, 0.2) is 91.0 Å². The van der Waals surface area contributed by atoms with E-state index in [4.69, 9.17) is 0 Å². The van der Waals surface area contributed by atoms with E-state index in [0.717, 1.165) is 19.3 Å². The Balaban J connectivity index is 1.94. The van der Waals surface area contributed by atoms with Crippen molar-refractivity contribution in [3.63, 3.8) is 0 Å². The summed E-state index contributed by atoms with van der Waals surface area (Å²) in [5, 5.41) is 14.4. The van der Waals surface area contributed by atoms with Crippen LogP contribution in [-0.2, 0) is 5.54 Å². The zero-order valence-electron chi connectivity index (χ0n) is 14.9. The van der Waals surface area contributed by atoms with E-state index in [1.165, 1.54) is 16.7 Å². The number of rotatable bonds is 5. The van der Waals surface area contributed by atoms with Gasteiger partial charge in [-0.05, 0) is 36.0 Å². The first-order chi connectivity index (χ1) is 12.8. The van der Waals surface area contributed by atoms with Gasteiger partial charge >= 0.3 is 0 Å². The number of hydrogen-bond donors (Lipinski definition) is 2. The summed E-state index contributed by atoms with van der Waals surface area (Å²) in [5.41, 5.74) is 3.09. The van der Waals surface area contributed by atoms with Crippen molar-refractivity contribution in [1.82, 2.24) is 5.32 Å². The monoisotopic (exact) mass is 343 g/mol. The van der Waals surface area contributed by atoms with E-state index in [1.807, 2.05) is 0 Å². The molecule has 26 heavy (non-hydrogen) atoms. The van der Waals surface area contributed by atoms with Crippen LogP contribution >= 0.6 is 0 Å². The molecule has 1 aliphatic carbocycles. The van der Waals surface area contributed by atoms with E-state index in [2.05, 4.69) is 96.3 Å². The molecule has 3 aromatic rings. The van der Waals surface area contributed by atoms with Gasteiger partial charge in [0.2, 0.25) is 0 Å². The lowest BCUT2D eigenvalue weighted by molar-refractivity contribution is 0.138. The number of nitrogens with one attached hydrogen (secondary N) is 1. The number of aliphatic hydroxyl groups is 1. The fourth-order valence-corrected chi connectivity index (χ4v) is 4.20. The molecule has 2 heteroatoms. The smallest absolute Gasteiger partial charge is 0.0950 e. The van der Waals surface area contributed by atoms with Gasteiger partial charge in [0.15, 0.2) is 0 Å². The summed E-state index contributed by atoms with van der Waals surface area (Å²) in [6.45, 7) is 0. The van der Waals surface area contributed by atoms with Crippen LogP contribution in [0, 0.1) is 0 Å². The molecule has 0 aromatic heterocycles. The van der Waals surface area contributed by atoms with Gasteiger partial charge in [0, 0.05) is 6.04 Å². The molecular formula is C24H25NO. The first-order valence-electron chi connectivity index (χ1n) is 9.43. The average Bonchev–Trinajstić information content (AvgIpc) is 3.12. The standard InChI is InChI=1S/C24H25NO/c26-23-18-10-17-22(23)25-24(19-11-4-1-5-12-19,20-13-6-2-7-14-20)21-15-8-3-9-16-21/h1-9,11-16,22-23,25-26H,10,17-18H2/t22-,23-/m0/s1. The molecule has 0 unspecified atom stereocenters. The van der Waals surface area contributed by atoms with Crippen molar-refractivity contribution in [2.45, 2.75) is 36.9 Å². The quantitative estimate of drug-likeness (QED) is 0.670. The lowest BCUT2D eigenvalue weighted by Gasteiger charge is -2.40. The molecule has 1 fully saturated rings. The van der Waals surface area contributed by atoms with Crippen LogP contribution in [0.3, 0.4) is 0 Å². The van der Waals surface area contributed by atoms with Gasteiger partial charge in [-0.25, -0.2) is 0 Å². The highest BCUT2D eigenvalue weighted by atomic mass is 16.3. The summed E-state index contributed by atoms with van der Waals surface area (Å²) in [4.78, 5) is 0. The first-order valence-corrected chi connectivity index (χ1v) is 9.43. The predicted octanol–water partition coefficient (Wildman–Crippen LogP) is 4.48. The molecule has 2 N–H and O–H groups in total. The Morgan fingerprint density at radius 3 is 1.42 bits per heavy atom. The Kier molecular flexibility index (Phi) is 4.87. The zero-order chi connectivity index (χ0) is 17.8. The SMILES string of the molecule is O[C@H]1CCC[C@@H]1NC(c1ccccc1)(c1ccccc1)c1ccccc1. The summed E-state index contributed by atoms with van der Waals surface area (Å²) in [6.07, 6.45) is 2.62. The van der Waals surface area contributed by atoms with Crippen LogP contribution in [-0.4, -0.2) is 17.3 Å². The van der Waals surface area contributed by atoms with Crippen molar-refractivity contribution in [2.75, 3.05) is 0 Å². The molecule has 0 aliphatic heterocycles. The molecule has 3 aromatic carbocycles. The van der Waals surface area contributed by atoms with Crippen LogP contribution in [0.2, 0.25) is 0 Å². The fraction of sp³-hybridized carbons (Fsp3) is 0.250. The zero-order valence-corrected chi connectivity index (χ0v) is 14.9. The van der Waals surface area contributed by atoms with E-state index < -0.39 is 5.54 Å². The summed E-state index contributed by atoms with van der Waals surface area (Å²) >= 11 is 0. The first kappa shape index (κ1) is 17.0. The van der Waals surface area contributed by atoms with E-state index in [0.29, 0.717) is 0 Å². The van der Waals surface area contributed by atoms with E-state index in [1.54, 1.807) is 0 Å². The number of aliphatic hydroxyl groups excluding tert-OH is 1. The van der Waals surface area contributed by atoms with E-state index in [-0.39, 0.29) is 12.1 Å². The maximum atomic E-state index is 10.5. The van der Waals surface area contributed by atoms with Gasteiger partial charge in [0.25, 0.3) is 0 Å². The highest BCUT2D eigenvalue weighted by Gasteiger charge is 2.40. The third-order valence-corrected chi connectivity index (χ3v) is 5.50. The topological polar surface area (TPSA) is 32.3 Å². The molecule has 1 aliphatic rings. The van der Waals surface area contributed by atoms with Crippen LogP contribution in [0.4, 0.5) is 0 Å². The maximum Gasteiger partial charge on any atom is 0.0950 e. The Hall–Kier alpha value is -2.42. The highest BCUT2D eigenvalue weighted by molar-refractivity contribution is 5.49. The molecule has 1 saturated carbocycles. The second kappa shape index (κ2) is 7.45. The van der Waals surface area contributed by atoms with Gasteiger partial charge in [-0.15, -0.1) is 0 Å². The number of benzene rings is 3. The van der Waals surface area contributed by atoms with Crippen LogP contribution in [0.25, 0.3) is 0 Å².